The van der Waals surface area contributed by atoms with Gasteiger partial charge in [0.1, 0.15) is 40.1 Å². The predicted molar refractivity (Wildman–Crippen MR) is 74.9 cm³/mol. The van der Waals surface area contributed by atoms with E-state index in [1.54, 1.807) is 0 Å². The van der Waals surface area contributed by atoms with Crippen LogP contribution in [0, 0.1) is 0 Å². The number of carbonyl (C=O) groups excluding carboxylic acids is 1. The zero-order valence-corrected chi connectivity index (χ0v) is 11.5. The van der Waals surface area contributed by atoms with E-state index in [2.05, 4.69) is 0 Å². The van der Waals surface area contributed by atoms with Crippen molar-refractivity contribution in [2.75, 3.05) is 0 Å². The van der Waals surface area contributed by atoms with Gasteiger partial charge in [-0.25, -0.2) is 0 Å². The van der Waals surface area contributed by atoms with Crippen molar-refractivity contribution < 1.29 is 40.2 Å². The lowest BCUT2D eigenvalue weighted by Crippen LogP contribution is -2.36. The summed E-state index contributed by atoms with van der Waals surface area (Å²) in [5.41, 5.74) is -0.624. The van der Waals surface area contributed by atoms with Gasteiger partial charge in [0.05, 0.1) is 5.56 Å². The molecule has 0 radical (unpaired) electrons. The molecule has 0 amide bonds. The molecule has 3 rings (SSSR count). The van der Waals surface area contributed by atoms with Crippen LogP contribution in [0.4, 0.5) is 0 Å². The van der Waals surface area contributed by atoms with Crippen LogP contribution in [0.3, 0.4) is 0 Å². The average Bonchev–Trinajstić information content (AvgIpc) is 2.42. The van der Waals surface area contributed by atoms with Crippen LogP contribution >= 0.6 is 0 Å². The lowest BCUT2D eigenvalue weighted by molar-refractivity contribution is 0.0195. The second-order valence-electron chi connectivity index (χ2n) is 5.08. The molecule has 8 heteroatoms. The zero-order valence-electron chi connectivity index (χ0n) is 11.5. The molecule has 0 spiro atoms. The highest BCUT2D eigenvalue weighted by Gasteiger charge is 2.41. The van der Waals surface area contributed by atoms with Gasteiger partial charge in [-0.15, -0.1) is 0 Å². The predicted octanol–water partition coefficient (Wildman–Crippen LogP) is 0.892. The van der Waals surface area contributed by atoms with Crippen LogP contribution in [-0.2, 0) is 0 Å². The molecule has 120 valence electrons. The number of aromatic hydroxyl groups is 5. The first-order chi connectivity index (χ1) is 10.8. The topological polar surface area (TPSA) is 148 Å². The molecular formula is C15H12O8. The van der Waals surface area contributed by atoms with E-state index >= 15 is 0 Å². The number of carbonyl (C=O) groups is 1. The first-order valence-electron chi connectivity index (χ1n) is 6.49. The van der Waals surface area contributed by atoms with Crippen LogP contribution in [0.2, 0.25) is 0 Å². The lowest BCUT2D eigenvalue weighted by Gasteiger charge is -2.30. The average molecular weight is 320 g/mol. The second-order valence-corrected chi connectivity index (χ2v) is 5.08. The minimum atomic E-state index is -1.82. The molecule has 2 atom stereocenters. The zero-order chi connectivity index (χ0) is 16.9. The highest BCUT2D eigenvalue weighted by molar-refractivity contribution is 6.05. The Morgan fingerprint density at radius 1 is 0.826 bits per heavy atom. The van der Waals surface area contributed by atoms with Gasteiger partial charge >= 0.3 is 0 Å². The number of Topliss-reactive ketones (excluding diaryl/α,β-unsaturated/α-hetero) is 1. The molecule has 2 unspecified atom stereocenters. The molecule has 0 fully saturated rings. The minimum absolute atomic E-state index is 0.213. The Kier molecular flexibility index (Phi) is 3.19. The Labute approximate surface area is 129 Å². The summed E-state index contributed by atoms with van der Waals surface area (Å²) in [5.74, 6) is -3.66. The summed E-state index contributed by atoms with van der Waals surface area (Å²) in [4.78, 5) is 12.2. The smallest absolute Gasteiger partial charge is 0.202 e. The van der Waals surface area contributed by atoms with Crippen molar-refractivity contribution in [2.24, 2.45) is 0 Å². The van der Waals surface area contributed by atoms with Crippen molar-refractivity contribution in [3.63, 3.8) is 0 Å². The van der Waals surface area contributed by atoms with Gasteiger partial charge in [0.25, 0.3) is 0 Å². The number of aliphatic hydroxyl groups excluding tert-OH is 1. The van der Waals surface area contributed by atoms with Gasteiger partial charge in [0, 0.05) is 24.3 Å². The third-order valence-electron chi connectivity index (χ3n) is 3.53. The van der Waals surface area contributed by atoms with E-state index in [9.17, 15) is 35.4 Å². The van der Waals surface area contributed by atoms with Crippen molar-refractivity contribution in [1.29, 1.82) is 0 Å². The van der Waals surface area contributed by atoms with Crippen molar-refractivity contribution in [1.82, 2.24) is 0 Å². The summed E-state index contributed by atoms with van der Waals surface area (Å²) in [6, 6.07) is 3.79. The van der Waals surface area contributed by atoms with Gasteiger partial charge in [-0.1, -0.05) is 0 Å². The second kappa shape index (κ2) is 4.96. The maximum atomic E-state index is 12.2. The number of ketones is 1. The van der Waals surface area contributed by atoms with Gasteiger partial charge in [-0.3, -0.25) is 4.79 Å². The fourth-order valence-electron chi connectivity index (χ4n) is 2.53. The summed E-state index contributed by atoms with van der Waals surface area (Å²) < 4.78 is 5.37. The summed E-state index contributed by atoms with van der Waals surface area (Å²) in [7, 11) is 0. The summed E-state index contributed by atoms with van der Waals surface area (Å²) in [6.07, 6.45) is -3.31. The lowest BCUT2D eigenvalue weighted by atomic mass is 9.92. The number of phenols is 5. The third-order valence-corrected chi connectivity index (χ3v) is 3.53. The molecule has 0 saturated carbocycles. The molecule has 2 aromatic carbocycles. The number of fused-ring (bicyclic) bond motifs is 1. The monoisotopic (exact) mass is 320 g/mol. The number of hydrogen-bond acceptors (Lipinski definition) is 8. The Morgan fingerprint density at radius 2 is 1.35 bits per heavy atom. The van der Waals surface area contributed by atoms with Crippen molar-refractivity contribution in [3.05, 3.63) is 35.4 Å². The van der Waals surface area contributed by atoms with Gasteiger partial charge in [0.15, 0.2) is 12.2 Å². The van der Waals surface area contributed by atoms with E-state index in [1.165, 1.54) is 0 Å². The SMILES string of the molecule is O=C1c2c(O)cc(O)cc2OC(c2c(O)cc(O)cc2O)C1O. The number of rotatable bonds is 1. The summed E-state index contributed by atoms with van der Waals surface area (Å²) >= 11 is 0. The number of aliphatic hydroxyl groups is 1. The van der Waals surface area contributed by atoms with E-state index in [-0.39, 0.29) is 22.6 Å². The maximum absolute atomic E-state index is 12.2. The highest BCUT2D eigenvalue weighted by Crippen LogP contribution is 2.46. The summed E-state index contributed by atoms with van der Waals surface area (Å²) in [6.45, 7) is 0. The molecule has 0 bridgehead atoms. The van der Waals surface area contributed by atoms with E-state index in [0.29, 0.717) is 0 Å². The van der Waals surface area contributed by atoms with Gasteiger partial charge in [0.2, 0.25) is 5.78 Å². The molecule has 2 aromatic rings. The maximum Gasteiger partial charge on any atom is 0.202 e. The molecule has 0 aliphatic carbocycles. The van der Waals surface area contributed by atoms with Crippen LogP contribution in [-0.4, -0.2) is 42.5 Å². The fraction of sp³-hybridized carbons (Fsp3) is 0.133. The molecule has 0 aromatic heterocycles. The van der Waals surface area contributed by atoms with Crippen LogP contribution in [0.15, 0.2) is 24.3 Å². The fourth-order valence-corrected chi connectivity index (χ4v) is 2.53. The largest absolute Gasteiger partial charge is 0.508 e. The van der Waals surface area contributed by atoms with E-state index in [4.69, 9.17) is 4.74 Å². The van der Waals surface area contributed by atoms with Crippen LogP contribution < -0.4 is 4.74 Å². The van der Waals surface area contributed by atoms with Gasteiger partial charge < -0.3 is 35.4 Å². The minimum Gasteiger partial charge on any atom is -0.508 e. The standard InChI is InChI=1S/C15H12O8/c16-5-1-7(18)11(8(19)2-5)15-14(22)13(21)12-9(20)3-6(17)4-10(12)23-15/h1-4,14-20,22H. The van der Waals surface area contributed by atoms with E-state index in [0.717, 1.165) is 24.3 Å². The molecule has 8 nitrogen and oxygen atoms in total. The van der Waals surface area contributed by atoms with E-state index < -0.39 is 41.0 Å². The number of ether oxygens (including phenoxy) is 1. The number of benzene rings is 2. The van der Waals surface area contributed by atoms with Crippen LogP contribution in [0.25, 0.3) is 0 Å². The Morgan fingerprint density at radius 3 is 1.96 bits per heavy atom. The molecule has 1 aliphatic rings. The van der Waals surface area contributed by atoms with Gasteiger partial charge in [-0.2, -0.15) is 0 Å². The van der Waals surface area contributed by atoms with Crippen molar-refractivity contribution in [2.45, 2.75) is 12.2 Å². The molecule has 1 aliphatic heterocycles. The number of hydrogen-bond donors (Lipinski definition) is 6. The van der Waals surface area contributed by atoms with Gasteiger partial charge in [-0.05, 0) is 0 Å². The van der Waals surface area contributed by atoms with Crippen molar-refractivity contribution >= 4 is 5.78 Å². The first kappa shape index (κ1) is 14.8. The Balaban J connectivity index is 2.15. The summed E-state index contributed by atoms with van der Waals surface area (Å²) in [5, 5.41) is 58.4. The molecule has 23 heavy (non-hydrogen) atoms. The highest BCUT2D eigenvalue weighted by atomic mass is 16.5. The first-order valence-corrected chi connectivity index (χ1v) is 6.49. The molecular weight excluding hydrogens is 308 g/mol. The van der Waals surface area contributed by atoms with E-state index in [1.807, 2.05) is 0 Å². The number of phenolic OH excluding ortho intramolecular Hbond substituents is 5. The van der Waals surface area contributed by atoms with Crippen LogP contribution in [0.5, 0.6) is 34.5 Å². The normalized spacial score (nSPS) is 20.0. The third kappa shape index (κ3) is 2.25. The Bertz CT molecular complexity index is 790. The molecule has 1 heterocycles. The van der Waals surface area contributed by atoms with Crippen LogP contribution in [0.1, 0.15) is 22.0 Å². The quantitative estimate of drug-likeness (QED) is 0.454. The molecule has 0 saturated heterocycles. The van der Waals surface area contributed by atoms with Crippen molar-refractivity contribution in [3.8, 4) is 34.5 Å². The Hall–Kier alpha value is -3.13. The molecule has 6 N–H and O–H groups in total.